The number of rotatable bonds is 7. The summed E-state index contributed by atoms with van der Waals surface area (Å²) in [5, 5.41) is 6.96. The number of aliphatic imine (C=N–C) groups is 1. The van der Waals surface area contributed by atoms with Gasteiger partial charge < -0.3 is 29.7 Å². The summed E-state index contributed by atoms with van der Waals surface area (Å²) in [5.41, 5.74) is 2.34. The molecule has 1 fully saturated rings. The smallest absolute Gasteiger partial charge is 0.231 e. The van der Waals surface area contributed by atoms with Crippen molar-refractivity contribution in [3.8, 4) is 17.2 Å². The summed E-state index contributed by atoms with van der Waals surface area (Å²) in [7, 11) is 1.72. The van der Waals surface area contributed by atoms with Gasteiger partial charge in [-0.05, 0) is 49.6 Å². The minimum atomic E-state index is 0.304. The van der Waals surface area contributed by atoms with E-state index < -0.39 is 0 Å². The lowest BCUT2D eigenvalue weighted by Crippen LogP contribution is -2.44. The highest BCUT2D eigenvalue weighted by Gasteiger charge is 2.25. The van der Waals surface area contributed by atoms with Gasteiger partial charge in [-0.3, -0.25) is 4.99 Å². The van der Waals surface area contributed by atoms with E-state index in [1.165, 1.54) is 5.56 Å². The molecule has 4 rings (SSSR count). The average molecular weight is 411 g/mol. The van der Waals surface area contributed by atoms with E-state index in [1.54, 1.807) is 7.11 Å². The second-order valence-corrected chi connectivity index (χ2v) is 7.45. The molecule has 0 bridgehead atoms. The number of nitrogens with one attached hydrogen (secondary N) is 2. The van der Waals surface area contributed by atoms with Gasteiger partial charge in [-0.25, -0.2) is 0 Å². The van der Waals surface area contributed by atoms with Gasteiger partial charge >= 0.3 is 0 Å². The number of benzene rings is 2. The van der Waals surface area contributed by atoms with Gasteiger partial charge in [0.2, 0.25) is 6.79 Å². The van der Waals surface area contributed by atoms with Crippen LogP contribution in [0.25, 0.3) is 0 Å². The molecule has 2 aliphatic heterocycles. The highest BCUT2D eigenvalue weighted by molar-refractivity contribution is 5.80. The van der Waals surface area contributed by atoms with E-state index in [0.29, 0.717) is 19.4 Å². The van der Waals surface area contributed by atoms with Gasteiger partial charge in [-0.15, -0.1) is 0 Å². The first-order valence-electron chi connectivity index (χ1n) is 10.6. The standard InChI is InChI=1S/C23H30N4O3/c1-3-24-23(25-12-10-17-8-9-21-22(14-17)30-16-29-21)26-18-11-13-27(15-18)19-6-4-5-7-20(19)28-2/h4-9,14,18H,3,10-13,15-16H2,1-2H3,(H2,24,25,26). The molecule has 0 amide bonds. The molecule has 0 saturated carbocycles. The molecule has 0 spiro atoms. The van der Waals surface area contributed by atoms with Gasteiger partial charge in [-0.1, -0.05) is 18.2 Å². The van der Waals surface area contributed by atoms with Gasteiger partial charge in [0.1, 0.15) is 5.75 Å². The number of para-hydroxylation sites is 2. The Balaban J connectivity index is 1.33. The minimum Gasteiger partial charge on any atom is -0.495 e. The quantitative estimate of drug-likeness (QED) is 0.541. The Labute approximate surface area is 178 Å². The minimum absolute atomic E-state index is 0.304. The van der Waals surface area contributed by atoms with Crippen molar-refractivity contribution in [2.45, 2.75) is 25.8 Å². The van der Waals surface area contributed by atoms with Crippen molar-refractivity contribution in [1.29, 1.82) is 0 Å². The van der Waals surface area contributed by atoms with Crippen molar-refractivity contribution in [1.82, 2.24) is 10.6 Å². The Kier molecular flexibility index (Phi) is 6.47. The van der Waals surface area contributed by atoms with Crippen LogP contribution in [-0.4, -0.2) is 52.1 Å². The Morgan fingerprint density at radius 2 is 2.07 bits per heavy atom. The molecule has 1 saturated heterocycles. The van der Waals surface area contributed by atoms with Gasteiger partial charge in [0.05, 0.1) is 12.8 Å². The Morgan fingerprint density at radius 3 is 2.93 bits per heavy atom. The van der Waals surface area contributed by atoms with Crippen LogP contribution < -0.4 is 29.7 Å². The number of methoxy groups -OCH3 is 1. The fourth-order valence-electron chi connectivity index (χ4n) is 3.89. The molecule has 160 valence electrons. The van der Waals surface area contributed by atoms with Crippen LogP contribution in [0.2, 0.25) is 0 Å². The molecular formula is C23H30N4O3. The second kappa shape index (κ2) is 9.61. The van der Waals surface area contributed by atoms with Crippen molar-refractivity contribution in [2.75, 3.05) is 45.0 Å². The molecule has 2 aromatic rings. The lowest BCUT2D eigenvalue weighted by molar-refractivity contribution is 0.174. The number of hydrogen-bond donors (Lipinski definition) is 2. The van der Waals surface area contributed by atoms with Crippen LogP contribution >= 0.6 is 0 Å². The van der Waals surface area contributed by atoms with E-state index in [0.717, 1.165) is 61.4 Å². The summed E-state index contributed by atoms with van der Waals surface area (Å²) in [5.74, 6) is 3.43. The van der Waals surface area contributed by atoms with E-state index >= 15 is 0 Å². The normalized spacial score (nSPS) is 17.9. The van der Waals surface area contributed by atoms with Gasteiger partial charge in [0.25, 0.3) is 0 Å². The van der Waals surface area contributed by atoms with Crippen LogP contribution in [0.15, 0.2) is 47.5 Å². The molecule has 30 heavy (non-hydrogen) atoms. The molecule has 2 aliphatic rings. The first kappa shape index (κ1) is 20.2. The summed E-state index contributed by atoms with van der Waals surface area (Å²) in [6, 6.07) is 14.6. The zero-order valence-corrected chi connectivity index (χ0v) is 17.7. The van der Waals surface area contributed by atoms with Crippen LogP contribution in [0.1, 0.15) is 18.9 Å². The maximum Gasteiger partial charge on any atom is 0.231 e. The lowest BCUT2D eigenvalue weighted by atomic mass is 10.1. The molecule has 2 heterocycles. The zero-order valence-electron chi connectivity index (χ0n) is 17.7. The van der Waals surface area contributed by atoms with Gasteiger partial charge in [-0.2, -0.15) is 0 Å². The SMILES string of the molecule is CCNC(=NCCc1ccc2c(c1)OCO2)NC1CCN(c2ccccc2OC)C1. The van der Waals surface area contributed by atoms with E-state index in [2.05, 4.69) is 40.7 Å². The molecule has 1 atom stereocenters. The van der Waals surface area contributed by atoms with Crippen molar-refractivity contribution in [2.24, 2.45) is 4.99 Å². The second-order valence-electron chi connectivity index (χ2n) is 7.45. The van der Waals surface area contributed by atoms with Crippen molar-refractivity contribution in [3.63, 3.8) is 0 Å². The molecule has 2 aromatic carbocycles. The van der Waals surface area contributed by atoms with Crippen LogP contribution in [0.3, 0.4) is 0 Å². The predicted octanol–water partition coefficient (Wildman–Crippen LogP) is 2.80. The van der Waals surface area contributed by atoms with Crippen LogP contribution in [0.5, 0.6) is 17.2 Å². The maximum absolute atomic E-state index is 5.52. The summed E-state index contributed by atoms with van der Waals surface area (Å²) in [4.78, 5) is 7.14. The fourth-order valence-corrected chi connectivity index (χ4v) is 3.89. The number of ether oxygens (including phenoxy) is 3. The van der Waals surface area contributed by atoms with E-state index in [4.69, 9.17) is 19.2 Å². The number of hydrogen-bond acceptors (Lipinski definition) is 5. The molecule has 1 unspecified atom stereocenters. The van der Waals surface area contributed by atoms with E-state index in [1.807, 2.05) is 24.3 Å². The number of fused-ring (bicyclic) bond motifs is 1. The molecule has 7 heteroatoms. The Bertz CT molecular complexity index is 887. The third-order valence-corrected chi connectivity index (χ3v) is 5.41. The summed E-state index contributed by atoms with van der Waals surface area (Å²) in [6.45, 7) is 5.85. The van der Waals surface area contributed by atoms with Crippen molar-refractivity contribution >= 4 is 11.6 Å². The number of nitrogens with zero attached hydrogens (tertiary/aromatic N) is 2. The monoisotopic (exact) mass is 410 g/mol. The summed E-state index contributed by atoms with van der Waals surface area (Å²) < 4.78 is 16.4. The lowest BCUT2D eigenvalue weighted by Gasteiger charge is -2.22. The molecule has 0 radical (unpaired) electrons. The van der Waals surface area contributed by atoms with E-state index in [9.17, 15) is 0 Å². The third-order valence-electron chi connectivity index (χ3n) is 5.41. The van der Waals surface area contributed by atoms with Crippen LogP contribution in [0, 0.1) is 0 Å². The molecule has 0 aromatic heterocycles. The number of anilines is 1. The van der Waals surface area contributed by atoms with Crippen LogP contribution in [-0.2, 0) is 6.42 Å². The Hall–Kier alpha value is -3.09. The summed E-state index contributed by atoms with van der Waals surface area (Å²) >= 11 is 0. The van der Waals surface area contributed by atoms with Crippen LogP contribution in [0.4, 0.5) is 5.69 Å². The maximum atomic E-state index is 5.52. The molecular weight excluding hydrogens is 380 g/mol. The Morgan fingerprint density at radius 1 is 1.20 bits per heavy atom. The first-order chi connectivity index (χ1) is 14.8. The first-order valence-corrected chi connectivity index (χ1v) is 10.6. The zero-order chi connectivity index (χ0) is 20.8. The van der Waals surface area contributed by atoms with E-state index in [-0.39, 0.29) is 0 Å². The van der Waals surface area contributed by atoms with Gasteiger partial charge in [0.15, 0.2) is 17.5 Å². The largest absolute Gasteiger partial charge is 0.495 e. The van der Waals surface area contributed by atoms with Gasteiger partial charge in [0, 0.05) is 32.2 Å². The highest BCUT2D eigenvalue weighted by atomic mass is 16.7. The fraction of sp³-hybridized carbons (Fsp3) is 0.435. The topological polar surface area (TPSA) is 67.4 Å². The van der Waals surface area contributed by atoms with Crippen molar-refractivity contribution < 1.29 is 14.2 Å². The summed E-state index contributed by atoms with van der Waals surface area (Å²) in [6.07, 6.45) is 1.91. The van der Waals surface area contributed by atoms with Crippen molar-refractivity contribution in [3.05, 3.63) is 48.0 Å². The molecule has 2 N–H and O–H groups in total. The third kappa shape index (κ3) is 4.72. The molecule has 0 aliphatic carbocycles. The number of guanidine groups is 1. The predicted molar refractivity (Wildman–Crippen MR) is 119 cm³/mol. The average Bonchev–Trinajstić information content (AvgIpc) is 3.43. The molecule has 7 nitrogen and oxygen atoms in total. The highest BCUT2D eigenvalue weighted by Crippen LogP contribution is 2.32.